The molecule has 0 radical (unpaired) electrons. The number of aliphatic imine (C=N–C) groups is 1. The number of nitrogens with zero attached hydrogens (tertiary/aromatic N) is 2. The van der Waals surface area contributed by atoms with E-state index in [1.807, 2.05) is 0 Å². The Hall–Kier alpha value is -1.22. The molecule has 0 unspecified atom stereocenters. The standard InChI is InChI=1S/C18H29N3O3.HI/c1-5-19-18(20-8-6-10-22-2)21-9-7-14-11-16(23-3)17(24-4)12-15(14)13-21;/h11-12H,5-10,13H2,1-4H3,(H,19,20);1H. The van der Waals surface area contributed by atoms with Crippen molar-refractivity contribution in [2.45, 2.75) is 26.3 Å². The minimum absolute atomic E-state index is 0. The Labute approximate surface area is 167 Å². The molecule has 1 N–H and O–H groups in total. The number of halogens is 1. The van der Waals surface area contributed by atoms with Crippen molar-refractivity contribution >= 4 is 29.9 Å². The van der Waals surface area contributed by atoms with Crippen LogP contribution in [0.25, 0.3) is 0 Å². The minimum atomic E-state index is 0. The number of fused-ring (bicyclic) bond motifs is 1. The Bertz CT molecular complexity index is 567. The summed E-state index contributed by atoms with van der Waals surface area (Å²) in [7, 11) is 5.07. The Morgan fingerprint density at radius 1 is 1.16 bits per heavy atom. The normalized spacial score (nSPS) is 13.8. The van der Waals surface area contributed by atoms with E-state index in [-0.39, 0.29) is 24.0 Å². The van der Waals surface area contributed by atoms with Crippen molar-refractivity contribution in [2.24, 2.45) is 4.99 Å². The van der Waals surface area contributed by atoms with Gasteiger partial charge in [0.15, 0.2) is 17.5 Å². The van der Waals surface area contributed by atoms with Crippen LogP contribution in [0.5, 0.6) is 11.5 Å². The van der Waals surface area contributed by atoms with Crippen molar-refractivity contribution in [3.05, 3.63) is 23.3 Å². The van der Waals surface area contributed by atoms with Gasteiger partial charge in [-0.2, -0.15) is 0 Å². The lowest BCUT2D eigenvalue weighted by atomic mass is 9.99. The molecular formula is C18H30IN3O3. The monoisotopic (exact) mass is 463 g/mol. The molecule has 1 aliphatic rings. The highest BCUT2D eigenvalue weighted by Gasteiger charge is 2.21. The van der Waals surface area contributed by atoms with Crippen molar-refractivity contribution in [1.82, 2.24) is 10.2 Å². The molecular weight excluding hydrogens is 433 g/mol. The molecule has 1 aromatic carbocycles. The summed E-state index contributed by atoms with van der Waals surface area (Å²) in [6.45, 7) is 6.23. The van der Waals surface area contributed by atoms with Gasteiger partial charge in [-0.05, 0) is 43.0 Å². The van der Waals surface area contributed by atoms with Gasteiger partial charge in [0, 0.05) is 39.9 Å². The van der Waals surface area contributed by atoms with Crippen LogP contribution in [0.1, 0.15) is 24.5 Å². The average molecular weight is 463 g/mol. The number of guanidine groups is 1. The molecule has 0 atom stereocenters. The molecule has 1 aromatic rings. The third-order valence-electron chi connectivity index (χ3n) is 4.12. The van der Waals surface area contributed by atoms with Gasteiger partial charge in [-0.15, -0.1) is 24.0 Å². The smallest absolute Gasteiger partial charge is 0.194 e. The summed E-state index contributed by atoms with van der Waals surface area (Å²) < 4.78 is 15.9. The summed E-state index contributed by atoms with van der Waals surface area (Å²) in [5.41, 5.74) is 2.58. The topological polar surface area (TPSA) is 55.3 Å². The first kappa shape index (κ1) is 21.8. The molecule has 0 saturated carbocycles. The molecule has 1 aliphatic heterocycles. The molecule has 0 bridgehead atoms. The number of ether oxygens (including phenoxy) is 3. The fraction of sp³-hybridized carbons (Fsp3) is 0.611. The van der Waals surface area contributed by atoms with Crippen LogP contribution in [0, 0.1) is 0 Å². The summed E-state index contributed by atoms with van der Waals surface area (Å²) in [5.74, 6) is 2.54. The fourth-order valence-corrected chi connectivity index (χ4v) is 2.88. The number of methoxy groups -OCH3 is 3. The van der Waals surface area contributed by atoms with Crippen LogP contribution in [0.2, 0.25) is 0 Å². The van der Waals surface area contributed by atoms with Gasteiger partial charge in [-0.1, -0.05) is 0 Å². The van der Waals surface area contributed by atoms with Crippen LogP contribution in [0.15, 0.2) is 17.1 Å². The number of hydrogen-bond donors (Lipinski definition) is 1. The van der Waals surface area contributed by atoms with Crippen molar-refractivity contribution in [3.63, 3.8) is 0 Å². The van der Waals surface area contributed by atoms with Gasteiger partial charge in [-0.3, -0.25) is 4.99 Å². The van der Waals surface area contributed by atoms with E-state index in [9.17, 15) is 0 Å². The van der Waals surface area contributed by atoms with E-state index in [2.05, 4.69) is 29.3 Å². The van der Waals surface area contributed by atoms with E-state index >= 15 is 0 Å². The van der Waals surface area contributed by atoms with Gasteiger partial charge in [0.05, 0.1) is 14.2 Å². The van der Waals surface area contributed by atoms with Crippen molar-refractivity contribution in [1.29, 1.82) is 0 Å². The SMILES string of the molecule is CCNC(=NCCCOC)N1CCc2cc(OC)c(OC)cc2C1.I. The highest BCUT2D eigenvalue weighted by Crippen LogP contribution is 2.33. The molecule has 25 heavy (non-hydrogen) atoms. The molecule has 142 valence electrons. The second kappa shape index (κ2) is 11.4. The van der Waals surface area contributed by atoms with Gasteiger partial charge in [-0.25, -0.2) is 0 Å². The molecule has 0 fully saturated rings. The lowest BCUT2D eigenvalue weighted by molar-refractivity contribution is 0.196. The van der Waals surface area contributed by atoms with Gasteiger partial charge >= 0.3 is 0 Å². The maximum absolute atomic E-state index is 5.43. The third-order valence-corrected chi connectivity index (χ3v) is 4.12. The molecule has 1 heterocycles. The Morgan fingerprint density at radius 2 is 1.84 bits per heavy atom. The second-order valence-corrected chi connectivity index (χ2v) is 5.73. The number of rotatable bonds is 7. The molecule has 0 amide bonds. The highest BCUT2D eigenvalue weighted by atomic mass is 127. The summed E-state index contributed by atoms with van der Waals surface area (Å²) >= 11 is 0. The van der Waals surface area contributed by atoms with Gasteiger partial charge in [0.2, 0.25) is 0 Å². The van der Waals surface area contributed by atoms with E-state index < -0.39 is 0 Å². The van der Waals surface area contributed by atoms with Crippen LogP contribution < -0.4 is 14.8 Å². The Morgan fingerprint density at radius 3 is 2.44 bits per heavy atom. The summed E-state index contributed by atoms with van der Waals surface area (Å²) in [5, 5.41) is 3.39. The van der Waals surface area contributed by atoms with Crippen LogP contribution in [-0.4, -0.2) is 58.4 Å². The van der Waals surface area contributed by atoms with E-state index in [1.54, 1.807) is 21.3 Å². The number of hydrogen-bond acceptors (Lipinski definition) is 4. The zero-order valence-electron chi connectivity index (χ0n) is 15.6. The van der Waals surface area contributed by atoms with Crippen LogP contribution in [-0.2, 0) is 17.7 Å². The largest absolute Gasteiger partial charge is 0.493 e. The quantitative estimate of drug-likeness (QED) is 0.292. The predicted octanol–water partition coefficient (Wildman–Crippen LogP) is 2.68. The number of nitrogens with one attached hydrogen (secondary N) is 1. The Balaban J connectivity index is 0.00000312. The lowest BCUT2D eigenvalue weighted by Gasteiger charge is -2.32. The van der Waals surface area contributed by atoms with Crippen molar-refractivity contribution in [3.8, 4) is 11.5 Å². The molecule has 2 rings (SSSR count). The van der Waals surface area contributed by atoms with E-state index in [0.29, 0.717) is 0 Å². The molecule has 0 saturated heterocycles. The molecule has 6 nitrogen and oxygen atoms in total. The third kappa shape index (κ3) is 5.91. The average Bonchev–Trinajstić information content (AvgIpc) is 2.62. The van der Waals surface area contributed by atoms with Crippen LogP contribution in [0.4, 0.5) is 0 Å². The Kier molecular flexibility index (Phi) is 9.96. The predicted molar refractivity (Wildman–Crippen MR) is 112 cm³/mol. The first-order valence-electron chi connectivity index (χ1n) is 8.49. The van der Waals surface area contributed by atoms with Gasteiger partial charge in [0.1, 0.15) is 0 Å². The summed E-state index contributed by atoms with van der Waals surface area (Å²) in [6, 6.07) is 4.17. The summed E-state index contributed by atoms with van der Waals surface area (Å²) in [6.07, 6.45) is 1.90. The van der Waals surface area contributed by atoms with E-state index in [1.165, 1.54) is 11.1 Å². The molecule has 0 aliphatic carbocycles. The van der Waals surface area contributed by atoms with E-state index in [4.69, 9.17) is 19.2 Å². The van der Waals surface area contributed by atoms with Crippen molar-refractivity contribution < 1.29 is 14.2 Å². The summed E-state index contributed by atoms with van der Waals surface area (Å²) in [4.78, 5) is 7.02. The zero-order valence-corrected chi connectivity index (χ0v) is 18.0. The fourth-order valence-electron chi connectivity index (χ4n) is 2.88. The first-order valence-corrected chi connectivity index (χ1v) is 8.49. The maximum atomic E-state index is 5.43. The molecule has 0 spiro atoms. The molecule has 7 heteroatoms. The van der Waals surface area contributed by atoms with Crippen LogP contribution >= 0.6 is 24.0 Å². The van der Waals surface area contributed by atoms with Gasteiger partial charge in [0.25, 0.3) is 0 Å². The minimum Gasteiger partial charge on any atom is -0.493 e. The van der Waals surface area contributed by atoms with Crippen molar-refractivity contribution in [2.75, 3.05) is 47.6 Å². The first-order chi connectivity index (χ1) is 11.7. The molecule has 0 aromatic heterocycles. The maximum Gasteiger partial charge on any atom is 0.194 e. The highest BCUT2D eigenvalue weighted by molar-refractivity contribution is 14.0. The van der Waals surface area contributed by atoms with Gasteiger partial charge < -0.3 is 24.4 Å². The zero-order chi connectivity index (χ0) is 17.4. The lowest BCUT2D eigenvalue weighted by Crippen LogP contribution is -2.44. The second-order valence-electron chi connectivity index (χ2n) is 5.73. The van der Waals surface area contributed by atoms with Crippen LogP contribution in [0.3, 0.4) is 0 Å². The van der Waals surface area contributed by atoms with E-state index in [0.717, 1.165) is 63.1 Å². The number of benzene rings is 1.